The van der Waals surface area contributed by atoms with E-state index in [1.165, 1.54) is 6.42 Å². The van der Waals surface area contributed by atoms with E-state index in [1.807, 2.05) is 6.92 Å². The zero-order valence-electron chi connectivity index (χ0n) is 8.04. The van der Waals surface area contributed by atoms with Gasteiger partial charge in [-0.3, -0.25) is 0 Å². The minimum Gasteiger partial charge on any atom is -0.389 e. The average Bonchev–Trinajstić information content (AvgIpc) is 1.93. The number of aliphatic hydroxyl groups is 1. The summed E-state index contributed by atoms with van der Waals surface area (Å²) in [4.78, 5) is 0. The molecule has 0 heterocycles. The molecule has 1 N–H and O–H groups in total. The second-order valence-electron chi connectivity index (χ2n) is 5.28. The Morgan fingerprint density at radius 2 is 1.83 bits per heavy atom. The molecule has 0 aromatic rings. The SMILES string of the molecule is CC1(C)C2CC(S)C(C)(O)C1C2. The summed E-state index contributed by atoms with van der Waals surface area (Å²) < 4.78 is 0. The molecule has 3 saturated carbocycles. The smallest absolute Gasteiger partial charge is 0.0768 e. The molecule has 0 aromatic carbocycles. The lowest BCUT2D eigenvalue weighted by Gasteiger charge is -2.64. The third-order valence-corrected chi connectivity index (χ3v) is 5.09. The van der Waals surface area contributed by atoms with Gasteiger partial charge in [-0.05, 0) is 37.0 Å². The first-order valence-corrected chi connectivity index (χ1v) is 5.29. The maximum atomic E-state index is 10.2. The van der Waals surface area contributed by atoms with Crippen LogP contribution < -0.4 is 0 Å². The van der Waals surface area contributed by atoms with E-state index in [2.05, 4.69) is 26.5 Å². The first kappa shape index (κ1) is 8.89. The van der Waals surface area contributed by atoms with Gasteiger partial charge in [0, 0.05) is 5.25 Å². The number of fused-ring (bicyclic) bond motifs is 2. The van der Waals surface area contributed by atoms with Crippen molar-refractivity contribution in [2.24, 2.45) is 17.3 Å². The van der Waals surface area contributed by atoms with Crippen LogP contribution in [0.5, 0.6) is 0 Å². The molecule has 2 heteroatoms. The van der Waals surface area contributed by atoms with Gasteiger partial charge in [0.25, 0.3) is 0 Å². The van der Waals surface area contributed by atoms with Gasteiger partial charge in [0.2, 0.25) is 0 Å². The van der Waals surface area contributed by atoms with E-state index < -0.39 is 5.60 Å². The fourth-order valence-electron chi connectivity index (χ4n) is 3.15. The Morgan fingerprint density at radius 1 is 1.25 bits per heavy atom. The van der Waals surface area contributed by atoms with Crippen LogP contribution in [0.25, 0.3) is 0 Å². The van der Waals surface area contributed by atoms with Crippen LogP contribution in [-0.4, -0.2) is 16.0 Å². The van der Waals surface area contributed by atoms with Gasteiger partial charge in [0.1, 0.15) is 0 Å². The van der Waals surface area contributed by atoms with E-state index in [4.69, 9.17) is 0 Å². The molecule has 2 bridgehead atoms. The van der Waals surface area contributed by atoms with Gasteiger partial charge >= 0.3 is 0 Å². The Hall–Kier alpha value is 0.310. The van der Waals surface area contributed by atoms with Crippen molar-refractivity contribution in [3.8, 4) is 0 Å². The average molecular weight is 186 g/mol. The maximum Gasteiger partial charge on any atom is 0.0768 e. The van der Waals surface area contributed by atoms with E-state index in [9.17, 15) is 5.11 Å². The van der Waals surface area contributed by atoms with Gasteiger partial charge in [-0.2, -0.15) is 12.6 Å². The Morgan fingerprint density at radius 3 is 2.17 bits per heavy atom. The van der Waals surface area contributed by atoms with Crippen LogP contribution in [0.15, 0.2) is 0 Å². The summed E-state index contributed by atoms with van der Waals surface area (Å²) in [5, 5.41) is 10.4. The fourth-order valence-corrected chi connectivity index (χ4v) is 3.58. The van der Waals surface area contributed by atoms with E-state index >= 15 is 0 Å². The molecule has 3 aliphatic carbocycles. The summed E-state index contributed by atoms with van der Waals surface area (Å²) in [6.07, 6.45) is 2.29. The second kappa shape index (κ2) is 2.21. The molecular formula is C10H18OS. The lowest BCUT2D eigenvalue weighted by Crippen LogP contribution is -2.65. The molecule has 0 spiro atoms. The molecule has 0 amide bonds. The largest absolute Gasteiger partial charge is 0.389 e. The zero-order chi connectivity index (χ0) is 9.15. The third kappa shape index (κ3) is 0.856. The van der Waals surface area contributed by atoms with Crippen molar-refractivity contribution in [1.82, 2.24) is 0 Å². The summed E-state index contributed by atoms with van der Waals surface area (Å²) >= 11 is 4.46. The van der Waals surface area contributed by atoms with E-state index in [0.717, 1.165) is 12.3 Å². The van der Waals surface area contributed by atoms with E-state index in [0.29, 0.717) is 11.3 Å². The predicted octanol–water partition coefficient (Wildman–Crippen LogP) is 2.10. The van der Waals surface area contributed by atoms with E-state index in [-0.39, 0.29) is 5.25 Å². The Labute approximate surface area is 80.0 Å². The number of hydrogen-bond acceptors (Lipinski definition) is 2. The molecular weight excluding hydrogens is 168 g/mol. The van der Waals surface area contributed by atoms with Crippen molar-refractivity contribution in [3.63, 3.8) is 0 Å². The molecule has 12 heavy (non-hydrogen) atoms. The minimum absolute atomic E-state index is 0.189. The van der Waals surface area contributed by atoms with Crippen LogP contribution in [0.4, 0.5) is 0 Å². The van der Waals surface area contributed by atoms with Crippen molar-refractivity contribution >= 4 is 12.6 Å². The minimum atomic E-state index is -0.540. The fraction of sp³-hybridized carbons (Fsp3) is 1.00. The summed E-state index contributed by atoms with van der Waals surface area (Å²) in [6.45, 7) is 6.51. The summed E-state index contributed by atoms with van der Waals surface area (Å²) in [7, 11) is 0. The topological polar surface area (TPSA) is 20.2 Å². The summed E-state index contributed by atoms with van der Waals surface area (Å²) in [5.74, 6) is 1.26. The van der Waals surface area contributed by atoms with Gasteiger partial charge in [0.05, 0.1) is 5.60 Å². The van der Waals surface area contributed by atoms with E-state index in [1.54, 1.807) is 0 Å². The molecule has 70 valence electrons. The van der Waals surface area contributed by atoms with Crippen LogP contribution in [0.2, 0.25) is 0 Å². The number of thiol groups is 1. The molecule has 0 saturated heterocycles. The highest BCUT2D eigenvalue weighted by atomic mass is 32.1. The standard InChI is InChI=1S/C10H18OS/c1-9(2)6-4-7(9)10(3,11)8(12)5-6/h6-8,11-12H,4-5H2,1-3H3. The normalized spacial score (nSPS) is 56.2. The van der Waals surface area contributed by atoms with Crippen molar-refractivity contribution in [1.29, 1.82) is 0 Å². The highest BCUT2D eigenvalue weighted by molar-refractivity contribution is 7.81. The van der Waals surface area contributed by atoms with Gasteiger partial charge < -0.3 is 5.11 Å². The summed E-state index contributed by atoms with van der Waals surface area (Å²) in [5.41, 5.74) is -0.190. The maximum absolute atomic E-state index is 10.2. The number of hydrogen-bond donors (Lipinski definition) is 2. The van der Waals surface area contributed by atoms with Crippen LogP contribution >= 0.6 is 12.6 Å². The Bertz CT molecular complexity index is 210. The van der Waals surface area contributed by atoms with Gasteiger partial charge in [-0.25, -0.2) is 0 Å². The lowest BCUT2D eigenvalue weighted by molar-refractivity contribution is -0.187. The molecule has 0 radical (unpaired) electrons. The zero-order valence-corrected chi connectivity index (χ0v) is 8.94. The second-order valence-corrected chi connectivity index (χ2v) is 5.91. The molecule has 3 aliphatic rings. The molecule has 0 aliphatic heterocycles. The molecule has 1 nitrogen and oxygen atoms in total. The monoisotopic (exact) mass is 186 g/mol. The van der Waals surface area contributed by atoms with Crippen LogP contribution in [0.3, 0.4) is 0 Å². The highest BCUT2D eigenvalue weighted by Gasteiger charge is 2.61. The van der Waals surface area contributed by atoms with Crippen molar-refractivity contribution in [2.45, 2.75) is 44.5 Å². The number of rotatable bonds is 0. The quantitative estimate of drug-likeness (QED) is 0.555. The third-order valence-electron chi connectivity index (χ3n) is 4.36. The van der Waals surface area contributed by atoms with Gasteiger partial charge in [-0.1, -0.05) is 13.8 Å². The van der Waals surface area contributed by atoms with Gasteiger partial charge in [-0.15, -0.1) is 0 Å². The molecule has 0 aromatic heterocycles. The van der Waals surface area contributed by atoms with Crippen molar-refractivity contribution < 1.29 is 5.11 Å². The first-order chi connectivity index (χ1) is 5.37. The predicted molar refractivity (Wildman–Crippen MR) is 53.4 cm³/mol. The Balaban J connectivity index is 2.27. The molecule has 4 unspecified atom stereocenters. The Kier molecular flexibility index (Phi) is 1.64. The highest BCUT2D eigenvalue weighted by Crippen LogP contribution is 2.63. The summed E-state index contributed by atoms with van der Waals surface area (Å²) in [6, 6.07) is 0. The molecule has 4 atom stereocenters. The first-order valence-electron chi connectivity index (χ1n) is 4.77. The lowest BCUT2D eigenvalue weighted by atomic mass is 9.44. The van der Waals surface area contributed by atoms with Crippen LogP contribution in [0.1, 0.15) is 33.6 Å². The van der Waals surface area contributed by atoms with Crippen LogP contribution in [0, 0.1) is 17.3 Å². The van der Waals surface area contributed by atoms with Crippen LogP contribution in [-0.2, 0) is 0 Å². The van der Waals surface area contributed by atoms with Gasteiger partial charge in [0.15, 0.2) is 0 Å². The van der Waals surface area contributed by atoms with Crippen molar-refractivity contribution in [2.75, 3.05) is 0 Å². The molecule has 3 rings (SSSR count). The molecule has 3 fully saturated rings. The van der Waals surface area contributed by atoms with Crippen molar-refractivity contribution in [3.05, 3.63) is 0 Å².